The van der Waals surface area contributed by atoms with Gasteiger partial charge in [-0.15, -0.1) is 0 Å². The second-order valence-corrected chi connectivity index (χ2v) is 8.98. The Kier molecular flexibility index (Phi) is 5.78. The summed E-state index contributed by atoms with van der Waals surface area (Å²) in [6, 6.07) is 18.5. The van der Waals surface area contributed by atoms with E-state index in [0.717, 1.165) is 37.4 Å². The third kappa shape index (κ3) is 4.17. The Morgan fingerprint density at radius 2 is 1.81 bits per heavy atom. The highest BCUT2D eigenvalue weighted by Gasteiger charge is 2.35. The molecule has 2 aromatic carbocycles. The summed E-state index contributed by atoms with van der Waals surface area (Å²) in [7, 11) is 1.69. The van der Waals surface area contributed by atoms with E-state index in [1.165, 1.54) is 5.01 Å². The number of carbonyl (C=O) groups excluding carboxylic acids is 2. The largest absolute Gasteiger partial charge is 0.369 e. The summed E-state index contributed by atoms with van der Waals surface area (Å²) < 4.78 is 0. The number of aromatic amines is 1. The number of hydrazine groups is 1. The van der Waals surface area contributed by atoms with Crippen molar-refractivity contribution in [2.45, 2.75) is 0 Å². The molecular formula is C27H26N8O2. The first-order valence-corrected chi connectivity index (χ1v) is 12.1. The Balaban J connectivity index is 1.24. The van der Waals surface area contributed by atoms with Gasteiger partial charge >= 0.3 is 6.03 Å². The molecule has 10 heteroatoms. The van der Waals surface area contributed by atoms with E-state index in [0.29, 0.717) is 39.6 Å². The van der Waals surface area contributed by atoms with Gasteiger partial charge in [0.2, 0.25) is 0 Å². The predicted molar refractivity (Wildman–Crippen MR) is 143 cm³/mol. The van der Waals surface area contributed by atoms with Crippen LogP contribution in [0, 0.1) is 0 Å². The van der Waals surface area contributed by atoms with Gasteiger partial charge in [0.25, 0.3) is 0 Å². The number of benzene rings is 2. The first kappa shape index (κ1) is 22.7. The number of anilines is 3. The van der Waals surface area contributed by atoms with Crippen molar-refractivity contribution in [1.29, 1.82) is 0 Å². The summed E-state index contributed by atoms with van der Waals surface area (Å²) >= 11 is 0. The van der Waals surface area contributed by atoms with E-state index in [9.17, 15) is 9.59 Å². The number of nitrogens with one attached hydrogen (secondary N) is 4. The Morgan fingerprint density at radius 3 is 2.57 bits per heavy atom. The highest BCUT2D eigenvalue weighted by molar-refractivity contribution is 6.26. The Bertz CT molecular complexity index is 1460. The van der Waals surface area contributed by atoms with Gasteiger partial charge in [-0.2, -0.15) is 5.10 Å². The van der Waals surface area contributed by atoms with Crippen LogP contribution in [-0.4, -0.2) is 60.2 Å². The Hall–Kier alpha value is -4.70. The molecule has 1 aliphatic carbocycles. The number of pyridine rings is 1. The summed E-state index contributed by atoms with van der Waals surface area (Å²) in [5.74, 6) is 0.412. The fraction of sp³-hybridized carbons (Fsp3) is 0.185. The standard InChI is InChI=1S/C27H26N8O2/c1-34(21-7-2-3-12-29-21)33-27(37)30-20-6-4-5-19-22(20)26(36)23-24(31-32-25(19)23)17-8-10-18(11-9-17)35-15-13-28-14-16-35/h2-12,28H,13-16H2,1H3,(H,31,32)(H2,30,33,37). The molecular weight excluding hydrogens is 468 g/mol. The van der Waals surface area contributed by atoms with Crippen molar-refractivity contribution in [3.63, 3.8) is 0 Å². The smallest absolute Gasteiger partial charge is 0.338 e. The van der Waals surface area contributed by atoms with E-state index < -0.39 is 6.03 Å². The van der Waals surface area contributed by atoms with Crippen LogP contribution in [0.1, 0.15) is 15.9 Å². The lowest BCUT2D eigenvalue weighted by molar-refractivity contribution is 0.104. The molecule has 0 unspecified atom stereocenters. The minimum Gasteiger partial charge on any atom is -0.369 e. The lowest BCUT2D eigenvalue weighted by atomic mass is 10.0. The molecule has 2 aliphatic rings. The number of hydrogen-bond donors (Lipinski definition) is 4. The van der Waals surface area contributed by atoms with Crippen molar-refractivity contribution in [2.75, 3.05) is 48.5 Å². The highest BCUT2D eigenvalue weighted by Crippen LogP contribution is 2.43. The van der Waals surface area contributed by atoms with E-state index in [2.05, 4.69) is 48.3 Å². The summed E-state index contributed by atoms with van der Waals surface area (Å²) in [4.78, 5) is 32.9. The maximum atomic E-state index is 13.6. The number of nitrogens with zero attached hydrogens (tertiary/aromatic N) is 4. The molecule has 1 aliphatic heterocycles. The van der Waals surface area contributed by atoms with Crippen molar-refractivity contribution in [2.24, 2.45) is 0 Å². The third-order valence-corrected chi connectivity index (χ3v) is 6.69. The van der Waals surface area contributed by atoms with Crippen LogP contribution in [-0.2, 0) is 0 Å². The van der Waals surface area contributed by atoms with Crippen LogP contribution < -0.4 is 26.0 Å². The summed E-state index contributed by atoms with van der Waals surface area (Å²) in [5.41, 5.74) is 8.11. The molecule has 2 amide bonds. The SMILES string of the molecule is CN(NC(=O)Nc1cccc2c1C(=O)c1c(-c3ccc(N4CCNCC4)cc3)n[nH]c1-2)c1ccccn1. The lowest BCUT2D eigenvalue weighted by Gasteiger charge is -2.29. The molecule has 6 rings (SSSR count). The maximum absolute atomic E-state index is 13.6. The Labute approximate surface area is 213 Å². The summed E-state index contributed by atoms with van der Waals surface area (Å²) in [6.07, 6.45) is 1.65. The van der Waals surface area contributed by atoms with Crippen LogP contribution in [0.25, 0.3) is 22.5 Å². The molecule has 3 heterocycles. The minimum absolute atomic E-state index is 0.172. The van der Waals surface area contributed by atoms with Gasteiger partial charge in [0.05, 0.1) is 22.5 Å². The number of fused-ring (bicyclic) bond motifs is 3. The zero-order valence-electron chi connectivity index (χ0n) is 20.3. The second kappa shape index (κ2) is 9.40. The fourth-order valence-corrected chi connectivity index (χ4v) is 4.87. The van der Waals surface area contributed by atoms with Gasteiger partial charge in [0.1, 0.15) is 11.5 Å². The number of carbonyl (C=O) groups is 2. The maximum Gasteiger partial charge on any atom is 0.338 e. The average Bonchev–Trinajstić information content (AvgIpc) is 3.50. The first-order valence-electron chi connectivity index (χ1n) is 12.1. The second-order valence-electron chi connectivity index (χ2n) is 8.98. The molecule has 10 nitrogen and oxygen atoms in total. The molecule has 0 radical (unpaired) electrons. The molecule has 2 aromatic heterocycles. The van der Waals surface area contributed by atoms with Crippen molar-refractivity contribution in [3.05, 3.63) is 78.0 Å². The molecule has 0 bridgehead atoms. The predicted octanol–water partition coefficient (Wildman–Crippen LogP) is 3.27. The van der Waals surface area contributed by atoms with Gasteiger partial charge < -0.3 is 15.5 Å². The van der Waals surface area contributed by atoms with Gasteiger partial charge in [-0.05, 0) is 30.3 Å². The number of aromatic nitrogens is 3. The molecule has 4 aromatic rings. The van der Waals surface area contributed by atoms with Gasteiger partial charge in [0, 0.05) is 56.2 Å². The first-order chi connectivity index (χ1) is 18.1. The number of ketones is 1. The van der Waals surface area contributed by atoms with Crippen molar-refractivity contribution in [1.82, 2.24) is 25.9 Å². The van der Waals surface area contributed by atoms with Crippen LogP contribution in [0.5, 0.6) is 0 Å². The van der Waals surface area contributed by atoms with E-state index in [1.54, 1.807) is 31.4 Å². The molecule has 37 heavy (non-hydrogen) atoms. The van der Waals surface area contributed by atoms with Gasteiger partial charge in [-0.3, -0.25) is 14.9 Å². The Morgan fingerprint density at radius 1 is 1.00 bits per heavy atom. The molecule has 0 saturated carbocycles. The molecule has 186 valence electrons. The van der Waals surface area contributed by atoms with Crippen LogP contribution in [0.3, 0.4) is 0 Å². The van der Waals surface area contributed by atoms with Crippen LogP contribution in [0.4, 0.5) is 22.0 Å². The van der Waals surface area contributed by atoms with E-state index >= 15 is 0 Å². The fourth-order valence-electron chi connectivity index (χ4n) is 4.87. The quantitative estimate of drug-likeness (QED) is 0.277. The van der Waals surface area contributed by atoms with Gasteiger partial charge in [0.15, 0.2) is 5.78 Å². The zero-order valence-corrected chi connectivity index (χ0v) is 20.3. The molecule has 0 atom stereocenters. The van der Waals surface area contributed by atoms with Crippen molar-refractivity contribution in [3.8, 4) is 22.5 Å². The molecule has 4 N–H and O–H groups in total. The number of H-pyrrole nitrogens is 1. The minimum atomic E-state index is -0.480. The molecule has 1 saturated heterocycles. The zero-order chi connectivity index (χ0) is 25.4. The lowest BCUT2D eigenvalue weighted by Crippen LogP contribution is -2.43. The van der Waals surface area contributed by atoms with Gasteiger partial charge in [-0.25, -0.2) is 15.2 Å². The topological polar surface area (TPSA) is 118 Å². The summed E-state index contributed by atoms with van der Waals surface area (Å²) in [6.45, 7) is 3.86. The van der Waals surface area contributed by atoms with Crippen LogP contribution in [0.2, 0.25) is 0 Å². The number of amides is 2. The van der Waals surface area contributed by atoms with Crippen molar-refractivity contribution < 1.29 is 9.59 Å². The summed E-state index contributed by atoms with van der Waals surface area (Å²) in [5, 5.41) is 15.2. The molecule has 0 spiro atoms. The van der Waals surface area contributed by atoms with E-state index in [4.69, 9.17) is 0 Å². The number of urea groups is 1. The van der Waals surface area contributed by atoms with Gasteiger partial charge in [-0.1, -0.05) is 30.3 Å². The molecule has 1 fully saturated rings. The number of hydrogen-bond acceptors (Lipinski definition) is 7. The third-order valence-electron chi connectivity index (χ3n) is 6.69. The number of rotatable bonds is 5. The van der Waals surface area contributed by atoms with E-state index in [-0.39, 0.29) is 5.78 Å². The normalized spacial score (nSPS) is 14.2. The van der Waals surface area contributed by atoms with Crippen molar-refractivity contribution >= 4 is 29.0 Å². The highest BCUT2D eigenvalue weighted by atomic mass is 16.2. The monoisotopic (exact) mass is 494 g/mol. The van der Waals surface area contributed by atoms with Crippen LogP contribution >= 0.6 is 0 Å². The van der Waals surface area contributed by atoms with E-state index in [1.807, 2.05) is 30.3 Å². The van der Waals surface area contributed by atoms with Crippen LogP contribution in [0.15, 0.2) is 66.9 Å². The number of piperazine rings is 1. The average molecular weight is 495 g/mol.